The smallest absolute Gasteiger partial charge is 0.241 e. The van der Waals surface area contributed by atoms with Crippen molar-refractivity contribution in [3.63, 3.8) is 0 Å². The maximum absolute atomic E-state index is 13.1. The molecule has 1 amide bonds. The van der Waals surface area contributed by atoms with Gasteiger partial charge in [0.25, 0.3) is 0 Å². The van der Waals surface area contributed by atoms with E-state index < -0.39 is 28.3 Å². The minimum absolute atomic E-state index is 0.269. The topological polar surface area (TPSA) is 99.1 Å². The first-order valence-electron chi connectivity index (χ1n) is 5.36. The number of hydrogen-bond acceptors (Lipinski definition) is 4. The molecule has 0 bridgehead atoms. The number of sulfonamides is 1. The number of carbonyl (C=O) groups excluding carboxylic acids is 1. The molecule has 0 radical (unpaired) electrons. The fourth-order valence-electron chi connectivity index (χ4n) is 1.26. The van der Waals surface area contributed by atoms with Gasteiger partial charge >= 0.3 is 0 Å². The Hall–Kier alpha value is -1.98. The van der Waals surface area contributed by atoms with Gasteiger partial charge in [-0.3, -0.25) is 4.79 Å². The van der Waals surface area contributed by atoms with Gasteiger partial charge in [0.05, 0.1) is 17.0 Å². The SMILES string of the molecule is CCNC(=O)CNS(=O)(=O)c1ccc(F)c(C#N)c1. The van der Waals surface area contributed by atoms with Gasteiger partial charge in [0, 0.05) is 6.54 Å². The van der Waals surface area contributed by atoms with Gasteiger partial charge in [-0.1, -0.05) is 0 Å². The first kappa shape index (κ1) is 15.1. The number of carbonyl (C=O) groups is 1. The second-order valence-corrected chi connectivity index (χ2v) is 5.30. The summed E-state index contributed by atoms with van der Waals surface area (Å²) in [6, 6.07) is 4.37. The van der Waals surface area contributed by atoms with Crippen LogP contribution in [0.15, 0.2) is 23.1 Å². The summed E-state index contributed by atoms with van der Waals surface area (Å²) in [6.45, 7) is 1.66. The molecule has 2 N–H and O–H groups in total. The fourth-order valence-corrected chi connectivity index (χ4v) is 2.27. The second-order valence-electron chi connectivity index (χ2n) is 3.53. The van der Waals surface area contributed by atoms with Crippen LogP contribution in [0.1, 0.15) is 12.5 Å². The van der Waals surface area contributed by atoms with Crippen molar-refractivity contribution in [2.75, 3.05) is 13.1 Å². The van der Waals surface area contributed by atoms with Crippen LogP contribution in [-0.4, -0.2) is 27.4 Å². The van der Waals surface area contributed by atoms with E-state index in [1.54, 1.807) is 13.0 Å². The van der Waals surface area contributed by atoms with E-state index in [4.69, 9.17) is 5.26 Å². The summed E-state index contributed by atoms with van der Waals surface area (Å²) in [4.78, 5) is 10.9. The van der Waals surface area contributed by atoms with Crippen LogP contribution in [0.3, 0.4) is 0 Å². The number of halogens is 1. The van der Waals surface area contributed by atoms with Gasteiger partial charge in [-0.15, -0.1) is 0 Å². The molecule has 0 fully saturated rings. The standard InChI is InChI=1S/C11H12FN3O3S/c1-2-14-11(16)7-15-19(17,18)9-3-4-10(12)8(5-9)6-13/h3-5,15H,2,7H2,1H3,(H,14,16). The predicted molar refractivity (Wildman–Crippen MR) is 65.0 cm³/mol. The Morgan fingerprint density at radius 1 is 1.47 bits per heavy atom. The molecule has 0 spiro atoms. The molecule has 8 heteroatoms. The lowest BCUT2D eigenvalue weighted by Gasteiger charge is -2.07. The van der Waals surface area contributed by atoms with E-state index in [2.05, 4.69) is 10.0 Å². The van der Waals surface area contributed by atoms with Crippen molar-refractivity contribution in [1.82, 2.24) is 10.0 Å². The maximum Gasteiger partial charge on any atom is 0.241 e. The van der Waals surface area contributed by atoms with Crippen molar-refractivity contribution in [3.05, 3.63) is 29.6 Å². The summed E-state index contributed by atoms with van der Waals surface area (Å²) < 4.78 is 38.7. The highest BCUT2D eigenvalue weighted by Crippen LogP contribution is 2.14. The largest absolute Gasteiger partial charge is 0.355 e. The van der Waals surface area contributed by atoms with E-state index in [-0.39, 0.29) is 10.5 Å². The highest BCUT2D eigenvalue weighted by Gasteiger charge is 2.17. The number of nitriles is 1. The number of likely N-dealkylation sites (N-methyl/N-ethyl adjacent to an activating group) is 1. The molecule has 0 saturated heterocycles. The fraction of sp³-hybridized carbons (Fsp3) is 0.273. The van der Waals surface area contributed by atoms with Gasteiger partial charge in [0.2, 0.25) is 15.9 Å². The first-order chi connectivity index (χ1) is 8.90. The number of benzene rings is 1. The van der Waals surface area contributed by atoms with Gasteiger partial charge < -0.3 is 5.32 Å². The summed E-state index contributed by atoms with van der Waals surface area (Å²) in [7, 11) is -3.95. The molecule has 1 aromatic rings. The van der Waals surface area contributed by atoms with Crippen molar-refractivity contribution in [2.45, 2.75) is 11.8 Å². The summed E-state index contributed by atoms with van der Waals surface area (Å²) in [5.41, 5.74) is -0.374. The Labute approximate surface area is 110 Å². The van der Waals surface area contributed by atoms with Crippen molar-refractivity contribution in [2.24, 2.45) is 0 Å². The van der Waals surface area contributed by atoms with Crippen LogP contribution < -0.4 is 10.0 Å². The van der Waals surface area contributed by atoms with E-state index in [0.717, 1.165) is 18.2 Å². The van der Waals surface area contributed by atoms with E-state index in [1.807, 2.05) is 0 Å². The lowest BCUT2D eigenvalue weighted by molar-refractivity contribution is -0.119. The number of nitrogens with zero attached hydrogens (tertiary/aromatic N) is 1. The van der Waals surface area contributed by atoms with Crippen LogP contribution in [0, 0.1) is 17.1 Å². The molecule has 0 unspecified atom stereocenters. The lowest BCUT2D eigenvalue weighted by atomic mass is 10.2. The maximum atomic E-state index is 13.1. The molecule has 19 heavy (non-hydrogen) atoms. The monoisotopic (exact) mass is 285 g/mol. The molecular formula is C11H12FN3O3S. The van der Waals surface area contributed by atoms with Gasteiger partial charge in [-0.2, -0.15) is 5.26 Å². The second kappa shape index (κ2) is 6.26. The van der Waals surface area contributed by atoms with Crippen LogP contribution in [0.4, 0.5) is 4.39 Å². The summed E-state index contributed by atoms with van der Waals surface area (Å²) in [5.74, 6) is -1.28. The minimum Gasteiger partial charge on any atom is -0.355 e. The van der Waals surface area contributed by atoms with Crippen molar-refractivity contribution >= 4 is 15.9 Å². The molecular weight excluding hydrogens is 273 g/mol. The Morgan fingerprint density at radius 2 is 2.16 bits per heavy atom. The molecule has 1 rings (SSSR count). The number of amides is 1. The molecule has 0 aliphatic rings. The summed E-state index contributed by atoms with van der Waals surface area (Å²) in [5, 5.41) is 11.1. The normalized spacial score (nSPS) is 10.8. The van der Waals surface area contributed by atoms with Crippen LogP contribution in [0.2, 0.25) is 0 Å². The lowest BCUT2D eigenvalue weighted by Crippen LogP contribution is -2.36. The van der Waals surface area contributed by atoms with Gasteiger partial charge in [0.15, 0.2) is 0 Å². The molecule has 0 aromatic heterocycles. The van der Waals surface area contributed by atoms with E-state index in [1.165, 1.54) is 0 Å². The van der Waals surface area contributed by atoms with Crippen molar-refractivity contribution in [3.8, 4) is 6.07 Å². The molecule has 6 nitrogen and oxygen atoms in total. The molecule has 102 valence electrons. The zero-order valence-electron chi connectivity index (χ0n) is 10.1. The average molecular weight is 285 g/mol. The van der Waals surface area contributed by atoms with E-state index >= 15 is 0 Å². The number of hydrogen-bond donors (Lipinski definition) is 2. The van der Waals surface area contributed by atoms with Gasteiger partial charge in [-0.05, 0) is 25.1 Å². The Morgan fingerprint density at radius 3 is 2.74 bits per heavy atom. The molecule has 0 aliphatic heterocycles. The quantitative estimate of drug-likeness (QED) is 0.802. The van der Waals surface area contributed by atoms with Crippen molar-refractivity contribution < 1.29 is 17.6 Å². The molecule has 0 aliphatic carbocycles. The Kier molecular flexibility index (Phi) is 4.97. The highest BCUT2D eigenvalue weighted by atomic mass is 32.2. The van der Waals surface area contributed by atoms with E-state index in [9.17, 15) is 17.6 Å². The zero-order valence-corrected chi connectivity index (χ0v) is 10.9. The van der Waals surface area contributed by atoms with Gasteiger partial charge in [0.1, 0.15) is 11.9 Å². The Balaban J connectivity index is 2.89. The summed E-state index contributed by atoms with van der Waals surface area (Å²) in [6.07, 6.45) is 0. The average Bonchev–Trinajstić information content (AvgIpc) is 2.37. The van der Waals surface area contributed by atoms with Crippen LogP contribution in [0.25, 0.3) is 0 Å². The van der Waals surface area contributed by atoms with Gasteiger partial charge in [-0.25, -0.2) is 17.5 Å². The van der Waals surface area contributed by atoms with E-state index in [0.29, 0.717) is 6.54 Å². The molecule has 1 aromatic carbocycles. The van der Waals surface area contributed by atoms with Crippen LogP contribution in [0.5, 0.6) is 0 Å². The first-order valence-corrected chi connectivity index (χ1v) is 6.85. The number of nitrogens with one attached hydrogen (secondary N) is 2. The third kappa shape index (κ3) is 4.01. The zero-order chi connectivity index (χ0) is 14.5. The van der Waals surface area contributed by atoms with Crippen molar-refractivity contribution in [1.29, 1.82) is 5.26 Å². The predicted octanol–water partition coefficient (Wildman–Crippen LogP) is 0.112. The third-order valence-corrected chi connectivity index (χ3v) is 3.56. The molecule has 0 saturated carbocycles. The highest BCUT2D eigenvalue weighted by molar-refractivity contribution is 7.89. The summed E-state index contributed by atoms with van der Waals surface area (Å²) >= 11 is 0. The molecule has 0 atom stereocenters. The van der Waals surface area contributed by atoms with Crippen LogP contribution >= 0.6 is 0 Å². The minimum atomic E-state index is -3.95. The molecule has 0 heterocycles. The van der Waals surface area contributed by atoms with Crippen LogP contribution in [-0.2, 0) is 14.8 Å². The Bertz CT molecular complexity index is 623. The number of rotatable bonds is 5. The third-order valence-electron chi connectivity index (χ3n) is 2.17.